The maximum atomic E-state index is 10.2. The molecule has 0 aromatic heterocycles. The second kappa shape index (κ2) is 7.51. The van der Waals surface area contributed by atoms with E-state index in [-0.39, 0.29) is 6.10 Å². The van der Waals surface area contributed by atoms with E-state index in [1.165, 1.54) is 64.2 Å². The topological polar surface area (TPSA) is 20.2 Å². The fourth-order valence-corrected chi connectivity index (χ4v) is 8.53. The third kappa shape index (κ3) is 3.24. The van der Waals surface area contributed by atoms with Crippen molar-refractivity contribution in [2.45, 2.75) is 111 Å². The molecule has 3 fully saturated rings. The summed E-state index contributed by atoms with van der Waals surface area (Å²) in [6.45, 7) is 10.1. The van der Waals surface area contributed by atoms with Crippen LogP contribution in [0.2, 0.25) is 0 Å². The van der Waals surface area contributed by atoms with Crippen LogP contribution in [0.1, 0.15) is 105 Å². The Bertz CT molecular complexity index is 565. The number of aliphatic hydroxyl groups excluding tert-OH is 1. The van der Waals surface area contributed by atoms with Gasteiger partial charge in [-0.1, -0.05) is 65.0 Å². The number of rotatable bonds is 5. The van der Waals surface area contributed by atoms with Crippen LogP contribution in [0.3, 0.4) is 0 Å². The highest BCUT2D eigenvalue weighted by Gasteiger charge is 2.58. The molecule has 1 nitrogen and oxygen atoms in total. The summed E-state index contributed by atoms with van der Waals surface area (Å²) in [6.07, 6.45) is 18.6. The molecule has 0 bridgehead atoms. The highest BCUT2D eigenvalue weighted by Crippen LogP contribution is 2.67. The van der Waals surface area contributed by atoms with Gasteiger partial charge in [0.25, 0.3) is 0 Å². The predicted molar refractivity (Wildman–Crippen MR) is 115 cm³/mol. The van der Waals surface area contributed by atoms with Crippen LogP contribution >= 0.6 is 0 Å². The molecule has 4 rings (SSSR count). The standard InChI is InChI=1S/C26H44O/c1-5-6-7-8-18(2)22-11-12-23-21-10-9-19-17-20(27)13-15-25(19,3)24(21)14-16-26(22,23)4/h9,18,20-24,27H,5-8,10-17H2,1-4H3/t18-,20+,21+,22-,23+,24+,25+,26-/m1/s1. The van der Waals surface area contributed by atoms with E-state index >= 15 is 0 Å². The van der Waals surface area contributed by atoms with Crippen LogP contribution in [0, 0.1) is 40.4 Å². The number of hydrogen-bond donors (Lipinski definition) is 1. The van der Waals surface area contributed by atoms with Gasteiger partial charge in [-0.2, -0.15) is 0 Å². The molecule has 0 amide bonds. The van der Waals surface area contributed by atoms with Gasteiger partial charge in [-0.05, 0) is 91.8 Å². The maximum absolute atomic E-state index is 10.2. The molecule has 1 heteroatoms. The number of unbranched alkanes of at least 4 members (excludes halogenated alkanes) is 2. The number of fused-ring (bicyclic) bond motifs is 5. The van der Waals surface area contributed by atoms with Gasteiger partial charge in [-0.3, -0.25) is 0 Å². The molecular formula is C26H44O. The van der Waals surface area contributed by atoms with Gasteiger partial charge in [0.1, 0.15) is 0 Å². The Kier molecular flexibility index (Phi) is 5.56. The van der Waals surface area contributed by atoms with E-state index in [4.69, 9.17) is 0 Å². The Balaban J connectivity index is 1.52. The van der Waals surface area contributed by atoms with Crippen molar-refractivity contribution >= 4 is 0 Å². The third-order valence-electron chi connectivity index (χ3n) is 10.1. The first-order valence-corrected chi connectivity index (χ1v) is 12.3. The zero-order valence-corrected chi connectivity index (χ0v) is 18.5. The molecule has 0 aliphatic heterocycles. The third-order valence-corrected chi connectivity index (χ3v) is 10.1. The summed E-state index contributed by atoms with van der Waals surface area (Å²) < 4.78 is 0. The minimum Gasteiger partial charge on any atom is -0.393 e. The van der Waals surface area contributed by atoms with Gasteiger partial charge < -0.3 is 5.11 Å². The van der Waals surface area contributed by atoms with Crippen LogP contribution < -0.4 is 0 Å². The van der Waals surface area contributed by atoms with E-state index < -0.39 is 0 Å². The lowest BCUT2D eigenvalue weighted by Gasteiger charge is -2.58. The quantitative estimate of drug-likeness (QED) is 0.401. The van der Waals surface area contributed by atoms with Crippen LogP contribution in [0.15, 0.2) is 11.6 Å². The van der Waals surface area contributed by atoms with Crippen LogP contribution in [0.5, 0.6) is 0 Å². The molecule has 4 aliphatic carbocycles. The Morgan fingerprint density at radius 3 is 2.67 bits per heavy atom. The second-order valence-electron chi connectivity index (χ2n) is 11.4. The normalized spacial score (nSPS) is 47.6. The highest BCUT2D eigenvalue weighted by atomic mass is 16.3. The number of allylic oxidation sites excluding steroid dienone is 1. The lowest BCUT2D eigenvalue weighted by Crippen LogP contribution is -2.50. The van der Waals surface area contributed by atoms with Crippen molar-refractivity contribution in [3.63, 3.8) is 0 Å². The summed E-state index contributed by atoms with van der Waals surface area (Å²) in [5.74, 6) is 4.64. The zero-order chi connectivity index (χ0) is 19.2. The first-order chi connectivity index (χ1) is 12.9. The molecule has 8 atom stereocenters. The van der Waals surface area contributed by atoms with E-state index in [9.17, 15) is 5.11 Å². The number of hydrogen-bond acceptors (Lipinski definition) is 1. The van der Waals surface area contributed by atoms with Gasteiger partial charge in [0, 0.05) is 0 Å². The van der Waals surface area contributed by atoms with Gasteiger partial charge >= 0.3 is 0 Å². The van der Waals surface area contributed by atoms with Gasteiger partial charge in [0.15, 0.2) is 0 Å². The Labute approximate surface area is 168 Å². The maximum Gasteiger partial charge on any atom is 0.0577 e. The van der Waals surface area contributed by atoms with Crippen molar-refractivity contribution < 1.29 is 5.11 Å². The molecule has 4 aliphatic rings. The van der Waals surface area contributed by atoms with Crippen molar-refractivity contribution in [3.8, 4) is 0 Å². The Morgan fingerprint density at radius 1 is 1.07 bits per heavy atom. The average Bonchev–Trinajstić information content (AvgIpc) is 3.00. The second-order valence-corrected chi connectivity index (χ2v) is 11.4. The van der Waals surface area contributed by atoms with E-state index in [0.29, 0.717) is 10.8 Å². The van der Waals surface area contributed by atoms with E-state index in [1.54, 1.807) is 5.57 Å². The van der Waals surface area contributed by atoms with Crippen LogP contribution in [-0.2, 0) is 0 Å². The summed E-state index contributed by atoms with van der Waals surface area (Å²) in [5.41, 5.74) is 2.62. The summed E-state index contributed by atoms with van der Waals surface area (Å²) in [7, 11) is 0. The summed E-state index contributed by atoms with van der Waals surface area (Å²) in [5, 5.41) is 10.2. The fourth-order valence-electron chi connectivity index (χ4n) is 8.53. The zero-order valence-electron chi connectivity index (χ0n) is 18.5. The van der Waals surface area contributed by atoms with Crippen LogP contribution in [-0.4, -0.2) is 11.2 Å². The minimum absolute atomic E-state index is 0.0745. The van der Waals surface area contributed by atoms with Crippen molar-refractivity contribution in [2.75, 3.05) is 0 Å². The number of aliphatic hydroxyl groups is 1. The van der Waals surface area contributed by atoms with Crippen molar-refractivity contribution in [1.82, 2.24) is 0 Å². The van der Waals surface area contributed by atoms with Gasteiger partial charge in [0.2, 0.25) is 0 Å². The Hall–Kier alpha value is -0.300. The summed E-state index contributed by atoms with van der Waals surface area (Å²) in [6, 6.07) is 0. The van der Waals surface area contributed by atoms with E-state index in [1.807, 2.05) is 0 Å². The molecule has 27 heavy (non-hydrogen) atoms. The smallest absolute Gasteiger partial charge is 0.0577 e. The Morgan fingerprint density at radius 2 is 1.89 bits per heavy atom. The molecule has 154 valence electrons. The molecule has 3 saturated carbocycles. The van der Waals surface area contributed by atoms with Gasteiger partial charge in [-0.15, -0.1) is 0 Å². The molecule has 0 unspecified atom stereocenters. The summed E-state index contributed by atoms with van der Waals surface area (Å²) >= 11 is 0. The SMILES string of the molecule is CCCCC[C@@H](C)[C@H]1CC[C@H]2[C@@H]3CC=C4C[C@@H](O)CC[C@]4(C)[C@H]3CC[C@]12C. The van der Waals surface area contributed by atoms with Gasteiger partial charge in [0.05, 0.1) is 6.10 Å². The van der Waals surface area contributed by atoms with E-state index in [0.717, 1.165) is 42.4 Å². The molecule has 0 aromatic carbocycles. The van der Waals surface area contributed by atoms with Crippen LogP contribution in [0.25, 0.3) is 0 Å². The molecule has 0 saturated heterocycles. The first-order valence-electron chi connectivity index (χ1n) is 12.3. The molecule has 0 heterocycles. The monoisotopic (exact) mass is 372 g/mol. The average molecular weight is 373 g/mol. The fraction of sp³-hybridized carbons (Fsp3) is 0.923. The summed E-state index contributed by atoms with van der Waals surface area (Å²) in [4.78, 5) is 0. The van der Waals surface area contributed by atoms with E-state index in [2.05, 4.69) is 33.8 Å². The van der Waals surface area contributed by atoms with Crippen molar-refractivity contribution in [3.05, 3.63) is 11.6 Å². The van der Waals surface area contributed by atoms with Crippen molar-refractivity contribution in [1.29, 1.82) is 0 Å². The van der Waals surface area contributed by atoms with Crippen LogP contribution in [0.4, 0.5) is 0 Å². The molecule has 1 N–H and O–H groups in total. The molecular weight excluding hydrogens is 328 g/mol. The molecule has 0 aromatic rings. The molecule has 0 radical (unpaired) electrons. The predicted octanol–water partition coefficient (Wildman–Crippen LogP) is 7.14. The lowest BCUT2D eigenvalue weighted by molar-refractivity contribution is -0.0572. The molecule has 0 spiro atoms. The lowest BCUT2D eigenvalue weighted by atomic mass is 9.47. The van der Waals surface area contributed by atoms with Crippen molar-refractivity contribution in [2.24, 2.45) is 40.4 Å². The largest absolute Gasteiger partial charge is 0.393 e. The van der Waals surface area contributed by atoms with Gasteiger partial charge in [-0.25, -0.2) is 0 Å². The first kappa shape index (κ1) is 20.0. The minimum atomic E-state index is -0.0745. The highest BCUT2D eigenvalue weighted by molar-refractivity contribution is 5.25.